The number of benzene rings is 3. The molecule has 0 N–H and O–H groups in total. The molecule has 0 aromatic heterocycles. The summed E-state index contributed by atoms with van der Waals surface area (Å²) >= 11 is 0. The van der Waals surface area contributed by atoms with E-state index >= 15 is 0 Å². The third kappa shape index (κ3) is 4.21. The van der Waals surface area contributed by atoms with Gasteiger partial charge in [-0.25, -0.2) is 4.79 Å². The molecule has 0 saturated carbocycles. The lowest BCUT2D eigenvalue weighted by molar-refractivity contribution is -0.135. The van der Waals surface area contributed by atoms with Crippen LogP contribution >= 0.6 is 0 Å². The molecular weight excluding hydrogens is 492 g/mol. The summed E-state index contributed by atoms with van der Waals surface area (Å²) in [5.41, 5.74) is 2.70. The minimum atomic E-state index is -0.462. The van der Waals surface area contributed by atoms with Crippen molar-refractivity contribution in [1.29, 1.82) is 0 Å². The monoisotopic (exact) mass is 516 g/mol. The zero-order valence-electron chi connectivity index (χ0n) is 21.2. The van der Waals surface area contributed by atoms with Gasteiger partial charge in [0, 0.05) is 11.5 Å². The highest BCUT2D eigenvalue weighted by Crippen LogP contribution is 2.49. The quantitative estimate of drug-likeness (QED) is 0.265. The van der Waals surface area contributed by atoms with Crippen LogP contribution in [-0.4, -0.2) is 46.2 Å². The highest BCUT2D eigenvalue weighted by atomic mass is 16.5. The summed E-state index contributed by atoms with van der Waals surface area (Å²) < 4.78 is 32.6. The lowest BCUT2D eigenvalue weighted by Crippen LogP contribution is -2.21. The molecule has 0 spiro atoms. The molecule has 1 atom stereocenters. The SMILES string of the molecule is COC(=O)c1ccc(C2CC(=O)Oc3ccc4c(c32)O/C(=C\c2cc(OC)c(OC)c(OC)c2)C4=O)cc1. The van der Waals surface area contributed by atoms with Gasteiger partial charge in [0.2, 0.25) is 11.5 Å². The van der Waals surface area contributed by atoms with Crippen molar-refractivity contribution >= 4 is 23.8 Å². The fourth-order valence-electron chi connectivity index (χ4n) is 4.70. The van der Waals surface area contributed by atoms with Crippen LogP contribution in [0.2, 0.25) is 0 Å². The lowest BCUT2D eigenvalue weighted by atomic mass is 9.84. The van der Waals surface area contributed by atoms with E-state index in [9.17, 15) is 14.4 Å². The predicted octanol–water partition coefficient (Wildman–Crippen LogP) is 4.56. The molecule has 0 aliphatic carbocycles. The van der Waals surface area contributed by atoms with Crippen LogP contribution in [-0.2, 0) is 9.53 Å². The molecule has 2 heterocycles. The van der Waals surface area contributed by atoms with Gasteiger partial charge >= 0.3 is 11.9 Å². The Labute approximate surface area is 218 Å². The molecule has 194 valence electrons. The second kappa shape index (κ2) is 9.93. The summed E-state index contributed by atoms with van der Waals surface area (Å²) in [5, 5.41) is 0. The molecule has 0 amide bonds. The van der Waals surface area contributed by atoms with Crippen LogP contribution < -0.4 is 23.7 Å². The average molecular weight is 517 g/mol. The Morgan fingerprint density at radius 3 is 2.18 bits per heavy atom. The Balaban J connectivity index is 1.56. The zero-order chi connectivity index (χ0) is 27.0. The van der Waals surface area contributed by atoms with Gasteiger partial charge in [0.1, 0.15) is 11.5 Å². The minimum Gasteiger partial charge on any atom is -0.493 e. The molecule has 0 radical (unpaired) electrons. The number of hydrogen-bond donors (Lipinski definition) is 0. The summed E-state index contributed by atoms with van der Waals surface area (Å²) in [4.78, 5) is 37.6. The van der Waals surface area contributed by atoms with E-state index in [1.165, 1.54) is 28.4 Å². The minimum absolute atomic E-state index is 0.0461. The smallest absolute Gasteiger partial charge is 0.337 e. The van der Waals surface area contributed by atoms with Crippen LogP contribution in [0.4, 0.5) is 0 Å². The maximum absolute atomic E-state index is 13.3. The molecular formula is C29H24O9. The highest BCUT2D eigenvalue weighted by molar-refractivity contribution is 6.15. The van der Waals surface area contributed by atoms with Gasteiger partial charge in [-0.15, -0.1) is 0 Å². The third-order valence-electron chi connectivity index (χ3n) is 6.50. The van der Waals surface area contributed by atoms with E-state index in [0.717, 1.165) is 5.56 Å². The fourth-order valence-corrected chi connectivity index (χ4v) is 4.70. The first-order valence-corrected chi connectivity index (χ1v) is 11.7. The Hall–Kier alpha value is -4.79. The summed E-state index contributed by atoms with van der Waals surface area (Å²) in [5.74, 6) is 0.422. The molecule has 3 aromatic rings. The number of Topliss-reactive ketones (excluding diaryl/α,β-unsaturated/α-hetero) is 1. The second-order valence-electron chi connectivity index (χ2n) is 8.60. The number of hydrogen-bond acceptors (Lipinski definition) is 9. The lowest BCUT2D eigenvalue weighted by Gasteiger charge is -2.26. The number of carbonyl (C=O) groups is 3. The van der Waals surface area contributed by atoms with Crippen molar-refractivity contribution in [3.05, 3.63) is 82.1 Å². The van der Waals surface area contributed by atoms with Gasteiger partial charge in [0.25, 0.3) is 0 Å². The van der Waals surface area contributed by atoms with E-state index in [4.69, 9.17) is 28.4 Å². The van der Waals surface area contributed by atoms with E-state index < -0.39 is 17.9 Å². The van der Waals surface area contributed by atoms with Gasteiger partial charge in [-0.3, -0.25) is 9.59 Å². The zero-order valence-corrected chi connectivity index (χ0v) is 21.2. The molecule has 0 fully saturated rings. The number of rotatable bonds is 6. The first-order valence-electron chi connectivity index (χ1n) is 11.7. The molecule has 3 aromatic carbocycles. The summed E-state index contributed by atoms with van der Waals surface area (Å²) in [6.45, 7) is 0. The maximum atomic E-state index is 13.3. The normalized spacial score (nSPS) is 16.7. The molecule has 0 saturated heterocycles. The average Bonchev–Trinajstić information content (AvgIpc) is 3.26. The number of fused-ring (bicyclic) bond motifs is 3. The summed E-state index contributed by atoms with van der Waals surface area (Å²) in [7, 11) is 5.83. The van der Waals surface area contributed by atoms with Crippen LogP contribution in [0.3, 0.4) is 0 Å². The molecule has 5 rings (SSSR count). The first kappa shape index (κ1) is 24.9. The Morgan fingerprint density at radius 2 is 1.58 bits per heavy atom. The topological polar surface area (TPSA) is 107 Å². The van der Waals surface area contributed by atoms with E-state index in [1.807, 2.05) is 0 Å². The molecule has 2 aliphatic heterocycles. The van der Waals surface area contributed by atoms with Crippen LogP contribution in [0.15, 0.2) is 54.3 Å². The van der Waals surface area contributed by atoms with Crippen molar-refractivity contribution in [1.82, 2.24) is 0 Å². The molecule has 1 unspecified atom stereocenters. The number of ketones is 1. The van der Waals surface area contributed by atoms with Gasteiger partial charge < -0.3 is 28.4 Å². The number of esters is 2. The maximum Gasteiger partial charge on any atom is 0.337 e. The highest BCUT2D eigenvalue weighted by Gasteiger charge is 2.38. The van der Waals surface area contributed by atoms with Gasteiger partial charge in [-0.05, 0) is 53.6 Å². The van der Waals surface area contributed by atoms with E-state index in [1.54, 1.807) is 54.6 Å². The number of allylic oxidation sites excluding steroid dienone is 1. The van der Waals surface area contributed by atoms with E-state index in [-0.39, 0.29) is 18.0 Å². The standard InChI is InChI=1S/C29H24O9/c1-33-22-12-15(13-23(34-2)28(22)35-3)11-21-26(31)18-9-10-20-25(27(18)38-21)19(14-24(30)37-20)16-5-7-17(8-6-16)29(32)36-4/h5-13,19H,14H2,1-4H3/b21-11-. The van der Waals surface area contributed by atoms with Gasteiger partial charge in [-0.1, -0.05) is 12.1 Å². The number of ether oxygens (including phenoxy) is 6. The largest absolute Gasteiger partial charge is 0.493 e. The van der Waals surface area contributed by atoms with E-state index in [0.29, 0.717) is 51.0 Å². The third-order valence-corrected chi connectivity index (χ3v) is 6.50. The molecule has 2 aliphatic rings. The van der Waals surface area contributed by atoms with Crippen molar-refractivity contribution in [3.63, 3.8) is 0 Å². The van der Waals surface area contributed by atoms with Crippen molar-refractivity contribution in [2.75, 3.05) is 28.4 Å². The van der Waals surface area contributed by atoms with Crippen LogP contribution in [0.25, 0.3) is 6.08 Å². The van der Waals surface area contributed by atoms with Gasteiger partial charge in [0.05, 0.1) is 46.0 Å². The van der Waals surface area contributed by atoms with Gasteiger partial charge in [-0.2, -0.15) is 0 Å². The van der Waals surface area contributed by atoms with Crippen LogP contribution in [0, 0.1) is 0 Å². The number of methoxy groups -OCH3 is 4. The van der Waals surface area contributed by atoms with Crippen molar-refractivity contribution in [2.24, 2.45) is 0 Å². The van der Waals surface area contributed by atoms with Crippen LogP contribution in [0.5, 0.6) is 28.7 Å². The molecule has 0 bridgehead atoms. The van der Waals surface area contributed by atoms with Crippen molar-refractivity contribution < 1.29 is 42.8 Å². The van der Waals surface area contributed by atoms with Gasteiger partial charge in [0.15, 0.2) is 17.3 Å². The second-order valence-corrected chi connectivity index (χ2v) is 8.60. The molecule has 9 nitrogen and oxygen atoms in total. The summed E-state index contributed by atoms with van der Waals surface area (Å²) in [6, 6.07) is 13.4. The predicted molar refractivity (Wildman–Crippen MR) is 135 cm³/mol. The Kier molecular flexibility index (Phi) is 6.50. The fraction of sp³-hybridized carbons (Fsp3) is 0.207. The van der Waals surface area contributed by atoms with Crippen LogP contribution in [0.1, 0.15) is 49.7 Å². The molecule has 9 heteroatoms. The molecule has 38 heavy (non-hydrogen) atoms. The van der Waals surface area contributed by atoms with E-state index in [2.05, 4.69) is 0 Å². The van der Waals surface area contributed by atoms with Crippen molar-refractivity contribution in [2.45, 2.75) is 12.3 Å². The Morgan fingerprint density at radius 1 is 0.895 bits per heavy atom. The Bertz CT molecular complexity index is 1460. The number of carbonyl (C=O) groups excluding carboxylic acids is 3. The summed E-state index contributed by atoms with van der Waals surface area (Å²) in [6.07, 6.45) is 1.64. The first-order chi connectivity index (χ1) is 18.4. The van der Waals surface area contributed by atoms with Crippen molar-refractivity contribution in [3.8, 4) is 28.7 Å².